The summed E-state index contributed by atoms with van der Waals surface area (Å²) < 4.78 is 5.16. The molecule has 1 atom stereocenters. The fourth-order valence-corrected chi connectivity index (χ4v) is 2.56. The second-order valence-corrected chi connectivity index (χ2v) is 5.53. The van der Waals surface area contributed by atoms with Crippen molar-refractivity contribution in [3.05, 3.63) is 22.7 Å². The fraction of sp³-hybridized carbons (Fsp3) is 0.385. The molecule has 1 aromatic carbocycles. The summed E-state index contributed by atoms with van der Waals surface area (Å²) >= 11 is 6.11. The Morgan fingerprint density at radius 3 is 3.00 bits per heavy atom. The van der Waals surface area contributed by atoms with E-state index >= 15 is 0 Å². The van der Waals surface area contributed by atoms with Crippen molar-refractivity contribution in [2.45, 2.75) is 18.4 Å². The minimum atomic E-state index is -1.02. The zero-order valence-electron chi connectivity index (χ0n) is 10.7. The molecule has 0 aromatic heterocycles. The third-order valence-corrected chi connectivity index (χ3v) is 3.88. The molecule has 2 heterocycles. The number of ether oxygens (including phenoxy) is 1. The molecule has 0 spiro atoms. The molecule has 4 N–H and O–H groups in total. The zero-order chi connectivity index (χ0) is 14.3. The molecule has 1 fully saturated rings. The first-order valence-electron chi connectivity index (χ1n) is 6.28. The van der Waals surface area contributed by atoms with E-state index in [1.165, 1.54) is 0 Å². The number of hydrogen-bond acceptors (Lipinski definition) is 4. The number of carbonyl (C=O) groups is 2. The Hall–Kier alpha value is -1.63. The molecule has 1 unspecified atom stereocenters. The van der Waals surface area contributed by atoms with Gasteiger partial charge in [-0.1, -0.05) is 11.6 Å². The first kappa shape index (κ1) is 13.4. The number of carbonyl (C=O) groups excluding carboxylic acids is 2. The van der Waals surface area contributed by atoms with Crippen LogP contribution in [0.5, 0.6) is 0 Å². The van der Waals surface area contributed by atoms with Crippen molar-refractivity contribution in [2.24, 2.45) is 5.73 Å². The number of hydrogen-bond donors (Lipinski definition) is 3. The molecule has 0 saturated carbocycles. The summed E-state index contributed by atoms with van der Waals surface area (Å²) in [5.41, 5.74) is 6.93. The number of nitrogens with one attached hydrogen (secondary N) is 2. The maximum atomic E-state index is 12.2. The van der Waals surface area contributed by atoms with E-state index in [-0.39, 0.29) is 24.8 Å². The van der Waals surface area contributed by atoms with Gasteiger partial charge in [0.25, 0.3) is 0 Å². The molecule has 3 rings (SSSR count). The lowest BCUT2D eigenvalue weighted by molar-refractivity contribution is -0.121. The van der Waals surface area contributed by atoms with E-state index in [1.807, 2.05) is 0 Å². The quantitative estimate of drug-likeness (QED) is 0.755. The Labute approximate surface area is 120 Å². The molecule has 7 heteroatoms. The standard InChI is InChI=1S/C13H14ClN3O3/c14-8-5-9-7(4-11(18)16-9)3-10(8)17-12(19)13(15)1-2-20-6-13/h3,5H,1-2,4,6,15H2,(H,16,18)(H,17,19). The van der Waals surface area contributed by atoms with E-state index < -0.39 is 5.54 Å². The molecule has 106 valence electrons. The molecule has 1 aromatic rings. The smallest absolute Gasteiger partial charge is 0.246 e. The highest BCUT2D eigenvalue weighted by Crippen LogP contribution is 2.33. The number of anilines is 2. The average molecular weight is 296 g/mol. The number of halogens is 1. The van der Waals surface area contributed by atoms with Crippen LogP contribution >= 0.6 is 11.6 Å². The maximum Gasteiger partial charge on any atom is 0.246 e. The molecule has 2 aliphatic heterocycles. The van der Waals surface area contributed by atoms with Crippen LogP contribution in [0.15, 0.2) is 12.1 Å². The molecule has 0 radical (unpaired) electrons. The third kappa shape index (κ3) is 2.26. The van der Waals surface area contributed by atoms with Gasteiger partial charge >= 0.3 is 0 Å². The lowest BCUT2D eigenvalue weighted by Crippen LogP contribution is -2.51. The lowest BCUT2D eigenvalue weighted by Gasteiger charge is -2.21. The summed E-state index contributed by atoms with van der Waals surface area (Å²) in [5, 5.41) is 5.79. The number of rotatable bonds is 2. The van der Waals surface area contributed by atoms with Crippen LogP contribution in [0.3, 0.4) is 0 Å². The van der Waals surface area contributed by atoms with Crippen molar-refractivity contribution >= 4 is 34.8 Å². The van der Waals surface area contributed by atoms with Crippen molar-refractivity contribution in [3.63, 3.8) is 0 Å². The van der Waals surface area contributed by atoms with Crippen molar-refractivity contribution in [3.8, 4) is 0 Å². The zero-order valence-corrected chi connectivity index (χ0v) is 11.4. The summed E-state index contributed by atoms with van der Waals surface area (Å²) in [4.78, 5) is 23.5. The molecule has 20 heavy (non-hydrogen) atoms. The Morgan fingerprint density at radius 1 is 1.50 bits per heavy atom. The van der Waals surface area contributed by atoms with Crippen LogP contribution in [0.4, 0.5) is 11.4 Å². The van der Waals surface area contributed by atoms with Crippen LogP contribution in [0, 0.1) is 0 Å². The Balaban J connectivity index is 1.83. The topological polar surface area (TPSA) is 93.5 Å². The number of fused-ring (bicyclic) bond motifs is 1. The molecule has 2 aliphatic rings. The largest absolute Gasteiger partial charge is 0.379 e. The first-order chi connectivity index (χ1) is 9.48. The second kappa shape index (κ2) is 4.73. The van der Waals surface area contributed by atoms with Crippen LogP contribution in [-0.4, -0.2) is 30.6 Å². The van der Waals surface area contributed by atoms with E-state index in [9.17, 15) is 9.59 Å². The van der Waals surface area contributed by atoms with Gasteiger partial charge in [-0.3, -0.25) is 9.59 Å². The first-order valence-corrected chi connectivity index (χ1v) is 6.66. The molecule has 2 amide bonds. The number of nitrogens with two attached hydrogens (primary N) is 1. The molecule has 0 bridgehead atoms. The van der Waals surface area contributed by atoms with E-state index in [0.717, 1.165) is 5.56 Å². The van der Waals surface area contributed by atoms with E-state index in [1.54, 1.807) is 12.1 Å². The number of amides is 2. The summed E-state index contributed by atoms with van der Waals surface area (Å²) in [6, 6.07) is 3.33. The van der Waals surface area contributed by atoms with Crippen molar-refractivity contribution in [1.29, 1.82) is 0 Å². The van der Waals surface area contributed by atoms with E-state index in [2.05, 4.69) is 10.6 Å². The highest BCUT2D eigenvalue weighted by molar-refractivity contribution is 6.34. The van der Waals surface area contributed by atoms with Crippen LogP contribution in [0.1, 0.15) is 12.0 Å². The Bertz CT molecular complexity index is 597. The van der Waals surface area contributed by atoms with E-state index in [4.69, 9.17) is 22.1 Å². The van der Waals surface area contributed by atoms with Crippen LogP contribution in [0.2, 0.25) is 5.02 Å². The average Bonchev–Trinajstić information content (AvgIpc) is 2.96. The summed E-state index contributed by atoms with van der Waals surface area (Å²) in [6.07, 6.45) is 0.758. The summed E-state index contributed by atoms with van der Waals surface area (Å²) in [6.45, 7) is 0.668. The summed E-state index contributed by atoms with van der Waals surface area (Å²) in [7, 11) is 0. The summed E-state index contributed by atoms with van der Waals surface area (Å²) in [5.74, 6) is -0.409. The SMILES string of the molecule is NC1(C(=O)Nc2cc3c(cc2Cl)NC(=O)C3)CCOC1. The van der Waals surface area contributed by atoms with Crippen LogP contribution in [-0.2, 0) is 20.7 Å². The van der Waals surface area contributed by atoms with Crippen LogP contribution in [0.25, 0.3) is 0 Å². The predicted octanol–water partition coefficient (Wildman–Crippen LogP) is 0.891. The van der Waals surface area contributed by atoms with Gasteiger partial charge in [-0.2, -0.15) is 0 Å². The van der Waals surface area contributed by atoms with Gasteiger partial charge in [0.2, 0.25) is 11.8 Å². The lowest BCUT2D eigenvalue weighted by atomic mass is 9.99. The van der Waals surface area contributed by atoms with Gasteiger partial charge in [-0.05, 0) is 24.1 Å². The Kier molecular flexibility index (Phi) is 3.16. The van der Waals surface area contributed by atoms with Crippen LogP contribution < -0.4 is 16.4 Å². The molecular formula is C13H14ClN3O3. The van der Waals surface area contributed by atoms with Gasteiger partial charge < -0.3 is 21.1 Å². The highest BCUT2D eigenvalue weighted by Gasteiger charge is 2.38. The highest BCUT2D eigenvalue weighted by atomic mass is 35.5. The van der Waals surface area contributed by atoms with E-state index in [0.29, 0.717) is 29.4 Å². The number of benzene rings is 1. The van der Waals surface area contributed by atoms with Gasteiger partial charge in [0.05, 0.1) is 23.7 Å². The molecule has 1 saturated heterocycles. The molecular weight excluding hydrogens is 282 g/mol. The minimum Gasteiger partial charge on any atom is -0.379 e. The van der Waals surface area contributed by atoms with Crippen molar-refractivity contribution in [1.82, 2.24) is 0 Å². The Morgan fingerprint density at radius 2 is 2.30 bits per heavy atom. The van der Waals surface area contributed by atoms with Gasteiger partial charge in [-0.15, -0.1) is 0 Å². The van der Waals surface area contributed by atoms with Gasteiger partial charge in [0.15, 0.2) is 0 Å². The van der Waals surface area contributed by atoms with Gasteiger partial charge in [0, 0.05) is 12.3 Å². The fourth-order valence-electron chi connectivity index (χ4n) is 2.35. The van der Waals surface area contributed by atoms with Gasteiger partial charge in [0.1, 0.15) is 5.54 Å². The molecule has 0 aliphatic carbocycles. The second-order valence-electron chi connectivity index (χ2n) is 5.13. The maximum absolute atomic E-state index is 12.2. The third-order valence-electron chi connectivity index (χ3n) is 3.57. The molecule has 6 nitrogen and oxygen atoms in total. The monoisotopic (exact) mass is 295 g/mol. The normalized spacial score (nSPS) is 24.4. The minimum absolute atomic E-state index is 0.0842. The van der Waals surface area contributed by atoms with Gasteiger partial charge in [-0.25, -0.2) is 0 Å². The van der Waals surface area contributed by atoms with Crippen molar-refractivity contribution < 1.29 is 14.3 Å². The predicted molar refractivity (Wildman–Crippen MR) is 74.8 cm³/mol. The van der Waals surface area contributed by atoms with Crippen molar-refractivity contribution in [2.75, 3.05) is 23.8 Å².